The van der Waals surface area contributed by atoms with Crippen molar-refractivity contribution >= 4 is 27.3 Å². The van der Waals surface area contributed by atoms with Gasteiger partial charge in [0.25, 0.3) is 10.0 Å². The summed E-state index contributed by atoms with van der Waals surface area (Å²) in [4.78, 5) is 16.0. The molecule has 0 atom stereocenters. The zero-order chi connectivity index (χ0) is 17.8. The molecule has 7 heteroatoms. The lowest BCUT2D eigenvalue weighted by Crippen LogP contribution is -2.29. The molecule has 0 saturated carbocycles. The average Bonchev–Trinajstić information content (AvgIpc) is 2.57. The zero-order valence-electron chi connectivity index (χ0n) is 13.9. The van der Waals surface area contributed by atoms with Crippen LogP contribution in [0.2, 0.25) is 0 Å². The standard InChI is InChI=1S/C17H21N3O3S/c1-4-17(2,3)16(21)19-13-7-9-14(10-8-13)20-24(22,23)15-6-5-11-18-12-15/h5-12,20H,4H2,1-3H3,(H,19,21). The molecule has 0 aliphatic rings. The third kappa shape index (κ3) is 4.32. The molecule has 0 aliphatic heterocycles. The minimum Gasteiger partial charge on any atom is -0.326 e. The predicted molar refractivity (Wildman–Crippen MR) is 94.2 cm³/mol. The number of hydrogen-bond donors (Lipinski definition) is 2. The Hall–Kier alpha value is -2.41. The molecule has 128 valence electrons. The number of carbonyl (C=O) groups is 1. The van der Waals surface area contributed by atoms with E-state index >= 15 is 0 Å². The second-order valence-electron chi connectivity index (χ2n) is 6.06. The first-order chi connectivity index (χ1) is 11.2. The summed E-state index contributed by atoms with van der Waals surface area (Å²) in [6.45, 7) is 5.70. The number of nitrogens with zero attached hydrogens (tertiary/aromatic N) is 1. The molecule has 1 aromatic heterocycles. The van der Waals surface area contributed by atoms with Crippen molar-refractivity contribution in [3.05, 3.63) is 48.8 Å². The van der Waals surface area contributed by atoms with E-state index < -0.39 is 15.4 Å². The van der Waals surface area contributed by atoms with Crippen molar-refractivity contribution in [2.24, 2.45) is 5.41 Å². The van der Waals surface area contributed by atoms with Gasteiger partial charge >= 0.3 is 0 Å². The van der Waals surface area contributed by atoms with E-state index in [-0.39, 0.29) is 10.8 Å². The van der Waals surface area contributed by atoms with Gasteiger partial charge in [-0.2, -0.15) is 0 Å². The van der Waals surface area contributed by atoms with Gasteiger partial charge in [-0.1, -0.05) is 20.8 Å². The van der Waals surface area contributed by atoms with Crippen LogP contribution in [0.1, 0.15) is 27.2 Å². The van der Waals surface area contributed by atoms with Gasteiger partial charge in [-0.05, 0) is 42.8 Å². The minimum absolute atomic E-state index is 0.0753. The van der Waals surface area contributed by atoms with Crippen LogP contribution in [0.5, 0.6) is 0 Å². The summed E-state index contributed by atoms with van der Waals surface area (Å²) in [6.07, 6.45) is 3.51. The fraction of sp³-hybridized carbons (Fsp3) is 0.294. The van der Waals surface area contributed by atoms with Crippen molar-refractivity contribution in [2.75, 3.05) is 10.0 Å². The Bertz CT molecular complexity index is 801. The molecule has 2 rings (SSSR count). The van der Waals surface area contributed by atoms with Gasteiger partial charge in [-0.15, -0.1) is 0 Å². The van der Waals surface area contributed by atoms with Crippen LogP contribution in [0.3, 0.4) is 0 Å². The van der Waals surface area contributed by atoms with Gasteiger partial charge in [0.1, 0.15) is 4.90 Å². The molecule has 1 aromatic carbocycles. The summed E-state index contributed by atoms with van der Waals surface area (Å²) >= 11 is 0. The fourth-order valence-corrected chi connectivity index (χ4v) is 2.82. The number of hydrogen-bond acceptors (Lipinski definition) is 4. The molecule has 0 radical (unpaired) electrons. The van der Waals surface area contributed by atoms with Gasteiger partial charge in [0.2, 0.25) is 5.91 Å². The van der Waals surface area contributed by atoms with Gasteiger partial charge in [-0.3, -0.25) is 14.5 Å². The van der Waals surface area contributed by atoms with Gasteiger partial charge in [0, 0.05) is 29.2 Å². The Morgan fingerprint density at radius 1 is 1.12 bits per heavy atom. The molecule has 0 aliphatic carbocycles. The SMILES string of the molecule is CCC(C)(C)C(=O)Nc1ccc(NS(=O)(=O)c2cccnc2)cc1. The van der Waals surface area contributed by atoms with E-state index in [4.69, 9.17) is 0 Å². The highest BCUT2D eigenvalue weighted by molar-refractivity contribution is 7.92. The number of sulfonamides is 1. The Morgan fingerprint density at radius 2 is 1.75 bits per heavy atom. The number of rotatable bonds is 6. The Labute approximate surface area is 142 Å². The van der Waals surface area contributed by atoms with Gasteiger partial charge in [0.15, 0.2) is 0 Å². The van der Waals surface area contributed by atoms with Crippen LogP contribution in [0, 0.1) is 5.41 Å². The molecule has 6 nitrogen and oxygen atoms in total. The van der Waals surface area contributed by atoms with Crippen LogP contribution in [-0.4, -0.2) is 19.3 Å². The molecule has 1 amide bonds. The lowest BCUT2D eigenvalue weighted by Gasteiger charge is -2.21. The third-order valence-electron chi connectivity index (χ3n) is 3.84. The highest BCUT2D eigenvalue weighted by atomic mass is 32.2. The monoisotopic (exact) mass is 347 g/mol. The number of pyridine rings is 1. The number of carbonyl (C=O) groups excluding carboxylic acids is 1. The highest BCUT2D eigenvalue weighted by Gasteiger charge is 2.25. The van der Waals surface area contributed by atoms with E-state index in [1.807, 2.05) is 20.8 Å². The predicted octanol–water partition coefficient (Wildman–Crippen LogP) is 3.26. The second kappa shape index (κ2) is 7.00. The van der Waals surface area contributed by atoms with Crippen molar-refractivity contribution in [3.63, 3.8) is 0 Å². The maximum atomic E-state index is 12.2. The first-order valence-electron chi connectivity index (χ1n) is 7.59. The first kappa shape index (κ1) is 17.9. The van der Waals surface area contributed by atoms with Crippen molar-refractivity contribution in [1.82, 2.24) is 4.98 Å². The largest absolute Gasteiger partial charge is 0.326 e. The second-order valence-corrected chi connectivity index (χ2v) is 7.75. The molecule has 0 fully saturated rings. The molecule has 0 saturated heterocycles. The van der Waals surface area contributed by atoms with E-state index in [9.17, 15) is 13.2 Å². The maximum Gasteiger partial charge on any atom is 0.263 e. The van der Waals surface area contributed by atoms with Crippen LogP contribution < -0.4 is 10.0 Å². The van der Waals surface area contributed by atoms with Crippen molar-refractivity contribution in [2.45, 2.75) is 32.1 Å². The summed E-state index contributed by atoms with van der Waals surface area (Å²) in [5, 5.41) is 2.83. The van der Waals surface area contributed by atoms with Gasteiger partial charge in [-0.25, -0.2) is 8.42 Å². The smallest absolute Gasteiger partial charge is 0.263 e. The molecule has 0 spiro atoms. The molecule has 0 unspecified atom stereocenters. The first-order valence-corrected chi connectivity index (χ1v) is 9.07. The van der Waals surface area contributed by atoms with Crippen LogP contribution in [0.4, 0.5) is 11.4 Å². The summed E-state index contributed by atoms with van der Waals surface area (Å²) in [5.41, 5.74) is 0.568. The van der Waals surface area contributed by atoms with Gasteiger partial charge < -0.3 is 5.32 Å². The van der Waals surface area contributed by atoms with E-state index in [2.05, 4.69) is 15.0 Å². The van der Waals surface area contributed by atoms with Crippen LogP contribution in [-0.2, 0) is 14.8 Å². The number of anilines is 2. The zero-order valence-corrected chi connectivity index (χ0v) is 14.7. The van der Waals surface area contributed by atoms with Crippen molar-refractivity contribution in [3.8, 4) is 0 Å². The van der Waals surface area contributed by atoms with Crippen LogP contribution in [0.25, 0.3) is 0 Å². The minimum atomic E-state index is -3.68. The molecule has 2 aromatic rings. The summed E-state index contributed by atoms with van der Waals surface area (Å²) in [7, 11) is -3.68. The Morgan fingerprint density at radius 3 is 2.29 bits per heavy atom. The van der Waals surface area contributed by atoms with Gasteiger partial charge in [0.05, 0.1) is 0 Å². The number of nitrogens with one attached hydrogen (secondary N) is 2. The number of aromatic nitrogens is 1. The van der Waals surface area contributed by atoms with Crippen molar-refractivity contribution in [1.29, 1.82) is 0 Å². The van der Waals surface area contributed by atoms with Crippen LogP contribution in [0.15, 0.2) is 53.7 Å². The average molecular weight is 347 g/mol. The normalized spacial score (nSPS) is 11.8. The molecule has 0 bridgehead atoms. The highest BCUT2D eigenvalue weighted by Crippen LogP contribution is 2.23. The molecular weight excluding hydrogens is 326 g/mol. The summed E-state index contributed by atoms with van der Waals surface area (Å²) in [5.74, 6) is -0.0753. The Kier molecular flexibility index (Phi) is 5.23. The summed E-state index contributed by atoms with van der Waals surface area (Å²) < 4.78 is 26.9. The molecule has 24 heavy (non-hydrogen) atoms. The fourth-order valence-electron chi connectivity index (χ4n) is 1.80. The van der Waals surface area contributed by atoms with Crippen molar-refractivity contribution < 1.29 is 13.2 Å². The maximum absolute atomic E-state index is 12.2. The molecular formula is C17H21N3O3S. The van der Waals surface area contributed by atoms with E-state index in [1.165, 1.54) is 18.5 Å². The lowest BCUT2D eigenvalue weighted by atomic mass is 9.89. The topological polar surface area (TPSA) is 88.2 Å². The van der Waals surface area contributed by atoms with E-state index in [0.29, 0.717) is 11.4 Å². The summed E-state index contributed by atoms with van der Waals surface area (Å²) in [6, 6.07) is 9.54. The third-order valence-corrected chi connectivity index (χ3v) is 5.20. The Balaban J connectivity index is 2.09. The quantitative estimate of drug-likeness (QED) is 0.839. The molecule has 1 heterocycles. The number of benzene rings is 1. The van der Waals surface area contributed by atoms with Crippen LogP contribution >= 0.6 is 0 Å². The number of amides is 1. The van der Waals surface area contributed by atoms with E-state index in [1.54, 1.807) is 30.3 Å². The van der Waals surface area contributed by atoms with E-state index in [0.717, 1.165) is 6.42 Å². The lowest BCUT2D eigenvalue weighted by molar-refractivity contribution is -0.124. The molecule has 2 N–H and O–H groups in total.